The van der Waals surface area contributed by atoms with Gasteiger partial charge in [0.25, 0.3) is 0 Å². The van der Waals surface area contributed by atoms with Crippen molar-refractivity contribution in [2.75, 3.05) is 13.7 Å². The number of esters is 1. The van der Waals surface area contributed by atoms with Crippen LogP contribution in [0.25, 0.3) is 0 Å². The normalized spacial score (nSPS) is 22.1. The van der Waals surface area contributed by atoms with E-state index in [0.29, 0.717) is 17.3 Å². The summed E-state index contributed by atoms with van der Waals surface area (Å²) in [7, 11) is 1.37. The monoisotopic (exact) mass is 420 g/mol. The minimum absolute atomic E-state index is 0.0754. The predicted octanol–water partition coefficient (Wildman–Crippen LogP) is 2.24. The molecule has 0 radical (unpaired) electrons. The Balaban J connectivity index is 1.87. The van der Waals surface area contributed by atoms with E-state index in [1.807, 2.05) is 48.5 Å². The Morgan fingerprint density at radius 2 is 1.88 bits per heavy atom. The van der Waals surface area contributed by atoms with E-state index >= 15 is 0 Å². The van der Waals surface area contributed by atoms with Gasteiger partial charge < -0.3 is 0 Å². The molecule has 0 amide bonds. The van der Waals surface area contributed by atoms with Gasteiger partial charge in [0.1, 0.15) is 0 Å². The van der Waals surface area contributed by atoms with E-state index in [0.717, 1.165) is 10.0 Å². The number of hydrogen-bond acceptors (Lipinski definition) is 4. The van der Waals surface area contributed by atoms with Gasteiger partial charge in [-0.1, -0.05) is 0 Å². The van der Waals surface area contributed by atoms with Crippen molar-refractivity contribution >= 4 is 31.4 Å². The molecule has 1 aliphatic heterocycles. The SMILES string of the molecule is COC(=O)c1ccccc1[Se]C[C@]1(c2ccccc2)C[C@@H](C(=O)O)CO1. The Kier molecular flexibility index (Phi) is 5.77. The van der Waals surface area contributed by atoms with Crippen molar-refractivity contribution in [1.82, 2.24) is 0 Å². The molecule has 1 N–H and O–H groups in total. The quantitative estimate of drug-likeness (QED) is 0.575. The molecule has 6 heteroatoms. The van der Waals surface area contributed by atoms with Crippen LogP contribution < -0.4 is 4.46 Å². The molecule has 0 bridgehead atoms. The van der Waals surface area contributed by atoms with Crippen molar-refractivity contribution in [3.8, 4) is 0 Å². The van der Waals surface area contributed by atoms with Gasteiger partial charge in [0.05, 0.1) is 0 Å². The van der Waals surface area contributed by atoms with Crippen LogP contribution in [-0.4, -0.2) is 45.7 Å². The first-order chi connectivity index (χ1) is 12.6. The molecule has 1 saturated heterocycles. The van der Waals surface area contributed by atoms with Crippen molar-refractivity contribution in [1.29, 1.82) is 0 Å². The summed E-state index contributed by atoms with van der Waals surface area (Å²) in [5.74, 6) is -1.70. The summed E-state index contributed by atoms with van der Waals surface area (Å²) in [5.41, 5.74) is 0.917. The van der Waals surface area contributed by atoms with Gasteiger partial charge in [-0.2, -0.15) is 0 Å². The summed E-state index contributed by atoms with van der Waals surface area (Å²) < 4.78 is 11.9. The minimum atomic E-state index is -0.828. The Labute approximate surface area is 158 Å². The van der Waals surface area contributed by atoms with Crippen LogP contribution in [-0.2, 0) is 19.9 Å². The zero-order valence-electron chi connectivity index (χ0n) is 14.4. The average molecular weight is 419 g/mol. The number of methoxy groups -OCH3 is 1. The van der Waals surface area contributed by atoms with Gasteiger partial charge in [0.2, 0.25) is 0 Å². The third kappa shape index (κ3) is 3.83. The Bertz CT molecular complexity index is 792. The number of rotatable bonds is 6. The second-order valence-corrected chi connectivity index (χ2v) is 8.32. The Morgan fingerprint density at radius 1 is 1.19 bits per heavy atom. The fourth-order valence-corrected chi connectivity index (χ4v) is 5.72. The predicted molar refractivity (Wildman–Crippen MR) is 97.8 cm³/mol. The second kappa shape index (κ2) is 8.04. The van der Waals surface area contributed by atoms with Crippen LogP contribution in [0.4, 0.5) is 0 Å². The van der Waals surface area contributed by atoms with Gasteiger partial charge in [-0.3, -0.25) is 0 Å². The summed E-state index contributed by atoms with van der Waals surface area (Å²) in [6.07, 6.45) is 0.439. The van der Waals surface area contributed by atoms with E-state index in [1.54, 1.807) is 6.07 Å². The summed E-state index contributed by atoms with van der Waals surface area (Å²) >= 11 is -0.0754. The summed E-state index contributed by atoms with van der Waals surface area (Å²) in [6.45, 7) is 0.207. The molecule has 26 heavy (non-hydrogen) atoms. The number of carbonyl (C=O) groups excluding carboxylic acids is 1. The number of ether oxygens (including phenoxy) is 2. The molecule has 2 aromatic carbocycles. The van der Waals surface area contributed by atoms with Crippen LogP contribution in [0.5, 0.6) is 0 Å². The van der Waals surface area contributed by atoms with Gasteiger partial charge in [0.15, 0.2) is 0 Å². The maximum atomic E-state index is 12.0. The van der Waals surface area contributed by atoms with Gasteiger partial charge in [-0.05, 0) is 0 Å². The molecule has 2 aromatic rings. The molecule has 0 saturated carbocycles. The van der Waals surface area contributed by atoms with Crippen LogP contribution >= 0.6 is 0 Å². The molecule has 0 aliphatic carbocycles. The van der Waals surface area contributed by atoms with Crippen molar-refractivity contribution in [2.24, 2.45) is 5.92 Å². The van der Waals surface area contributed by atoms with E-state index in [4.69, 9.17) is 9.47 Å². The molecule has 1 aliphatic rings. The fraction of sp³-hybridized carbons (Fsp3) is 0.300. The van der Waals surface area contributed by atoms with Crippen molar-refractivity contribution in [3.05, 3.63) is 65.7 Å². The van der Waals surface area contributed by atoms with Crippen molar-refractivity contribution < 1.29 is 24.2 Å². The molecule has 2 atom stereocenters. The first-order valence-electron chi connectivity index (χ1n) is 8.28. The summed E-state index contributed by atoms with van der Waals surface area (Å²) in [4.78, 5) is 23.4. The zero-order chi connectivity index (χ0) is 18.6. The molecule has 0 unspecified atom stereocenters. The summed E-state index contributed by atoms with van der Waals surface area (Å²) in [5, 5.41) is 10.0. The van der Waals surface area contributed by atoms with Crippen molar-refractivity contribution in [2.45, 2.75) is 17.3 Å². The molecule has 1 heterocycles. The molecule has 0 spiro atoms. The zero-order valence-corrected chi connectivity index (χ0v) is 16.1. The number of benzene rings is 2. The standard InChI is InChI=1S/C20H20O5Se/c1-24-19(23)16-9-5-6-10-17(16)26-13-20(15-7-3-2-4-8-15)11-14(12-25-20)18(21)22/h2-10,14H,11-13H2,1H3,(H,21,22)/t14-,20+/m1/s1. The number of hydrogen-bond donors (Lipinski definition) is 1. The van der Waals surface area contributed by atoms with E-state index in [2.05, 4.69) is 0 Å². The van der Waals surface area contributed by atoms with Crippen LogP contribution in [0.3, 0.4) is 0 Å². The van der Waals surface area contributed by atoms with E-state index in [9.17, 15) is 14.7 Å². The van der Waals surface area contributed by atoms with Crippen molar-refractivity contribution in [3.63, 3.8) is 0 Å². The molecular weight excluding hydrogens is 399 g/mol. The van der Waals surface area contributed by atoms with Crippen LogP contribution in [0, 0.1) is 5.92 Å². The second-order valence-electron chi connectivity index (χ2n) is 6.19. The van der Waals surface area contributed by atoms with E-state index in [1.165, 1.54) is 7.11 Å². The average Bonchev–Trinajstić information content (AvgIpc) is 3.13. The van der Waals surface area contributed by atoms with Gasteiger partial charge in [-0.15, -0.1) is 0 Å². The molecule has 3 rings (SSSR count). The van der Waals surface area contributed by atoms with Crippen LogP contribution in [0.15, 0.2) is 54.6 Å². The van der Waals surface area contributed by atoms with Gasteiger partial charge in [0, 0.05) is 0 Å². The number of aliphatic carboxylic acids is 1. The maximum absolute atomic E-state index is 12.0. The third-order valence-corrected chi connectivity index (χ3v) is 7.22. The Hall–Kier alpha value is -2.14. The number of carboxylic acids is 1. The van der Waals surface area contributed by atoms with E-state index in [-0.39, 0.29) is 27.5 Å². The van der Waals surface area contributed by atoms with E-state index < -0.39 is 17.5 Å². The molecular formula is C20H20O5Se. The Morgan fingerprint density at radius 3 is 2.54 bits per heavy atom. The number of carbonyl (C=O) groups is 2. The summed E-state index contributed by atoms with van der Waals surface area (Å²) in [6, 6.07) is 17.1. The number of carboxylic acid groups (broad SMARTS) is 1. The third-order valence-electron chi connectivity index (χ3n) is 4.54. The molecule has 0 aromatic heterocycles. The fourth-order valence-electron chi connectivity index (χ4n) is 3.13. The molecule has 136 valence electrons. The van der Waals surface area contributed by atoms with Crippen LogP contribution in [0.1, 0.15) is 22.3 Å². The first kappa shape index (κ1) is 18.6. The van der Waals surface area contributed by atoms with Gasteiger partial charge >= 0.3 is 158 Å². The first-order valence-corrected chi connectivity index (χ1v) is 10.3. The molecule has 5 nitrogen and oxygen atoms in total. The molecule has 1 fully saturated rings. The van der Waals surface area contributed by atoms with Gasteiger partial charge in [-0.25, -0.2) is 0 Å². The topological polar surface area (TPSA) is 72.8 Å². The van der Waals surface area contributed by atoms with Crippen LogP contribution in [0.2, 0.25) is 5.32 Å².